The number of pyridine rings is 1. The van der Waals surface area contributed by atoms with Crippen LogP contribution in [0.25, 0.3) is 33.4 Å². The predicted octanol–water partition coefficient (Wildman–Crippen LogP) is 5.63. The molecule has 1 aliphatic rings. The van der Waals surface area contributed by atoms with Gasteiger partial charge in [-0.3, -0.25) is 9.78 Å². The monoisotopic (exact) mass is 516 g/mol. The summed E-state index contributed by atoms with van der Waals surface area (Å²) in [5, 5.41) is 3.64. The molecule has 39 heavy (non-hydrogen) atoms. The highest BCUT2D eigenvalue weighted by Gasteiger charge is 2.29. The Bertz CT molecular complexity index is 1770. The van der Waals surface area contributed by atoms with Gasteiger partial charge in [-0.15, -0.1) is 0 Å². The molecule has 0 aliphatic carbocycles. The molecule has 1 atom stereocenters. The summed E-state index contributed by atoms with van der Waals surface area (Å²) in [4.78, 5) is 25.7. The van der Waals surface area contributed by atoms with Crippen LogP contribution in [-0.2, 0) is 11.8 Å². The number of ether oxygens (including phenoxy) is 1. The van der Waals surface area contributed by atoms with Crippen molar-refractivity contribution in [3.8, 4) is 28.1 Å². The quantitative estimate of drug-likeness (QED) is 0.293. The van der Waals surface area contributed by atoms with E-state index in [1.165, 1.54) is 6.33 Å². The first kappa shape index (κ1) is 24.4. The van der Waals surface area contributed by atoms with Crippen molar-refractivity contribution in [3.63, 3.8) is 0 Å². The van der Waals surface area contributed by atoms with Gasteiger partial charge in [-0.1, -0.05) is 36.9 Å². The van der Waals surface area contributed by atoms with Crippen LogP contribution in [0.4, 0.5) is 11.5 Å². The van der Waals surface area contributed by atoms with Crippen molar-refractivity contribution in [1.82, 2.24) is 19.5 Å². The molecular weight excluding hydrogens is 488 g/mol. The Morgan fingerprint density at radius 3 is 2.62 bits per heavy atom. The molecular formula is C31H28N6O2. The second-order valence-electron chi connectivity index (χ2n) is 9.87. The third-order valence-corrected chi connectivity index (χ3v) is 7.15. The van der Waals surface area contributed by atoms with E-state index in [4.69, 9.17) is 15.5 Å². The normalized spacial score (nSPS) is 14.2. The molecule has 194 valence electrons. The summed E-state index contributed by atoms with van der Waals surface area (Å²) >= 11 is 0. The summed E-state index contributed by atoms with van der Waals surface area (Å²) in [6.45, 7) is 7.92. The SMILES string of the molecule is C=C(C)C(=O)Nc1ccc(-c2c(-c3ccc4c(c3)OCC4c3cccc(C)n3)c3c(N)ncnc3n2C)cc1. The summed E-state index contributed by atoms with van der Waals surface area (Å²) in [6, 6.07) is 20.1. The summed E-state index contributed by atoms with van der Waals surface area (Å²) in [7, 11) is 1.97. The Morgan fingerprint density at radius 2 is 1.87 bits per heavy atom. The van der Waals surface area contributed by atoms with Crippen LogP contribution in [-0.4, -0.2) is 32.0 Å². The van der Waals surface area contributed by atoms with E-state index in [1.54, 1.807) is 6.92 Å². The zero-order chi connectivity index (χ0) is 27.3. The number of amides is 1. The van der Waals surface area contributed by atoms with Crippen LogP contribution in [0, 0.1) is 6.92 Å². The Kier molecular flexibility index (Phi) is 5.87. The van der Waals surface area contributed by atoms with Gasteiger partial charge in [-0.2, -0.15) is 0 Å². The van der Waals surface area contributed by atoms with E-state index in [0.29, 0.717) is 23.7 Å². The average Bonchev–Trinajstić information content (AvgIpc) is 3.48. The first-order valence-corrected chi connectivity index (χ1v) is 12.7. The van der Waals surface area contributed by atoms with Crippen LogP contribution in [0.3, 0.4) is 0 Å². The van der Waals surface area contributed by atoms with E-state index < -0.39 is 0 Å². The lowest BCUT2D eigenvalue weighted by Crippen LogP contribution is -2.11. The second kappa shape index (κ2) is 9.40. The number of carbonyl (C=O) groups excluding carboxylic acids is 1. The van der Waals surface area contributed by atoms with E-state index in [1.807, 2.05) is 61.0 Å². The maximum Gasteiger partial charge on any atom is 0.250 e. The molecule has 5 aromatic rings. The second-order valence-corrected chi connectivity index (χ2v) is 9.87. The topological polar surface area (TPSA) is 108 Å². The van der Waals surface area contributed by atoms with Crippen LogP contribution in [0.15, 0.2) is 79.1 Å². The number of nitrogen functional groups attached to an aromatic ring is 1. The van der Waals surface area contributed by atoms with Crippen LogP contribution < -0.4 is 15.8 Å². The third-order valence-electron chi connectivity index (χ3n) is 7.15. The maximum absolute atomic E-state index is 12.1. The Labute approximate surface area is 226 Å². The van der Waals surface area contributed by atoms with E-state index in [9.17, 15) is 4.79 Å². The molecule has 1 amide bonds. The van der Waals surface area contributed by atoms with E-state index in [-0.39, 0.29) is 11.8 Å². The summed E-state index contributed by atoms with van der Waals surface area (Å²) in [5.41, 5.74) is 15.2. The number of aromatic nitrogens is 4. The molecule has 1 aliphatic heterocycles. The Balaban J connectivity index is 1.47. The highest BCUT2D eigenvalue weighted by molar-refractivity contribution is 6.08. The number of nitrogens with two attached hydrogens (primary N) is 1. The fourth-order valence-electron chi connectivity index (χ4n) is 5.21. The number of fused-ring (bicyclic) bond motifs is 2. The molecule has 3 N–H and O–H groups in total. The van der Waals surface area contributed by atoms with Gasteiger partial charge in [0.2, 0.25) is 0 Å². The summed E-state index contributed by atoms with van der Waals surface area (Å²) < 4.78 is 8.20. The minimum atomic E-state index is -0.214. The van der Waals surface area contributed by atoms with Crippen molar-refractivity contribution < 1.29 is 9.53 Å². The number of hydrogen-bond acceptors (Lipinski definition) is 6. The van der Waals surface area contributed by atoms with Crippen molar-refractivity contribution in [2.45, 2.75) is 19.8 Å². The molecule has 0 saturated heterocycles. The number of nitrogens with zero attached hydrogens (tertiary/aromatic N) is 4. The molecule has 3 aromatic heterocycles. The van der Waals surface area contributed by atoms with Gasteiger partial charge in [-0.05, 0) is 55.3 Å². The number of carbonyl (C=O) groups is 1. The van der Waals surface area contributed by atoms with Crippen LogP contribution in [0.2, 0.25) is 0 Å². The highest BCUT2D eigenvalue weighted by atomic mass is 16.5. The Hall–Kier alpha value is -4.98. The smallest absolute Gasteiger partial charge is 0.250 e. The summed E-state index contributed by atoms with van der Waals surface area (Å²) in [5.74, 6) is 1.10. The third kappa shape index (κ3) is 4.20. The lowest BCUT2D eigenvalue weighted by atomic mass is 9.93. The van der Waals surface area contributed by atoms with Gasteiger partial charge in [0.05, 0.1) is 22.7 Å². The largest absolute Gasteiger partial charge is 0.492 e. The van der Waals surface area contributed by atoms with Gasteiger partial charge in [0, 0.05) is 35.1 Å². The predicted molar refractivity (Wildman–Crippen MR) is 154 cm³/mol. The highest BCUT2D eigenvalue weighted by Crippen LogP contribution is 2.45. The van der Waals surface area contributed by atoms with Gasteiger partial charge >= 0.3 is 0 Å². The number of benzene rings is 2. The first-order valence-electron chi connectivity index (χ1n) is 12.7. The fraction of sp³-hybridized carbons (Fsp3) is 0.161. The number of rotatable bonds is 5. The van der Waals surface area contributed by atoms with E-state index >= 15 is 0 Å². The van der Waals surface area contributed by atoms with Gasteiger partial charge < -0.3 is 20.4 Å². The molecule has 0 saturated carbocycles. The van der Waals surface area contributed by atoms with Crippen LogP contribution in [0.5, 0.6) is 5.75 Å². The summed E-state index contributed by atoms with van der Waals surface area (Å²) in [6.07, 6.45) is 1.48. The average molecular weight is 517 g/mol. The van der Waals surface area contributed by atoms with E-state index in [2.05, 4.69) is 40.1 Å². The van der Waals surface area contributed by atoms with Gasteiger partial charge in [0.1, 0.15) is 30.1 Å². The minimum Gasteiger partial charge on any atom is -0.492 e. The number of anilines is 2. The molecule has 0 fully saturated rings. The number of aryl methyl sites for hydroxylation is 2. The standard InChI is InChI=1S/C31H28N6O2/c1-17(2)31(38)36-21-11-8-19(9-12-21)28-26(27-29(32)33-16-34-30(27)37(28)4)20-10-13-22-23(15-39-25(22)14-20)24-7-5-6-18(3)35-24/h5-14,16,23H,1,15H2,2-4H3,(H,36,38)(H2,32,33,34). The molecule has 0 bridgehead atoms. The van der Waals surface area contributed by atoms with Crippen molar-refractivity contribution >= 4 is 28.4 Å². The van der Waals surface area contributed by atoms with Gasteiger partial charge in [0.25, 0.3) is 5.91 Å². The van der Waals surface area contributed by atoms with Crippen LogP contribution >= 0.6 is 0 Å². The van der Waals surface area contributed by atoms with Crippen molar-refractivity contribution in [1.29, 1.82) is 0 Å². The molecule has 2 aromatic carbocycles. The molecule has 4 heterocycles. The molecule has 0 radical (unpaired) electrons. The molecule has 1 unspecified atom stereocenters. The molecule has 6 rings (SSSR count). The fourth-order valence-corrected chi connectivity index (χ4v) is 5.21. The number of hydrogen-bond donors (Lipinski definition) is 2. The minimum absolute atomic E-state index is 0.0799. The lowest BCUT2D eigenvalue weighted by molar-refractivity contribution is -0.112. The van der Waals surface area contributed by atoms with Crippen molar-refractivity contribution in [3.05, 3.63) is 96.1 Å². The zero-order valence-electron chi connectivity index (χ0n) is 22.0. The molecule has 0 spiro atoms. The molecule has 8 nitrogen and oxygen atoms in total. The van der Waals surface area contributed by atoms with Crippen LogP contribution in [0.1, 0.15) is 29.8 Å². The zero-order valence-corrected chi connectivity index (χ0v) is 22.0. The number of nitrogens with one attached hydrogen (secondary N) is 1. The van der Waals surface area contributed by atoms with Crippen molar-refractivity contribution in [2.24, 2.45) is 7.05 Å². The van der Waals surface area contributed by atoms with E-state index in [0.717, 1.165) is 56.1 Å². The first-order chi connectivity index (χ1) is 18.8. The van der Waals surface area contributed by atoms with Gasteiger partial charge in [0.15, 0.2) is 0 Å². The lowest BCUT2D eigenvalue weighted by Gasteiger charge is -2.12. The van der Waals surface area contributed by atoms with Gasteiger partial charge in [-0.25, -0.2) is 9.97 Å². The maximum atomic E-state index is 12.1. The Morgan fingerprint density at radius 1 is 1.10 bits per heavy atom. The molecule has 8 heteroatoms. The van der Waals surface area contributed by atoms with Crippen molar-refractivity contribution in [2.75, 3.05) is 17.7 Å².